The highest BCUT2D eigenvalue weighted by molar-refractivity contribution is 5.80. The zero-order valence-corrected chi connectivity index (χ0v) is 22.2. The fourth-order valence-electron chi connectivity index (χ4n) is 4.61. The molecular weight excluding hydrogens is 490 g/mol. The minimum absolute atomic E-state index is 0.00869. The van der Waals surface area contributed by atoms with Gasteiger partial charge in [-0.15, -0.1) is 0 Å². The summed E-state index contributed by atoms with van der Waals surface area (Å²) in [7, 11) is 3.08. The standard InChI is InChI=1S/C28H35N3O7/c1-17(2)28(34)31-14-21-25(15-31)38-20-8-7-19(23(12-20)35-3)13-29-26(32)10-6-18-5-9-22(24(11-18)36-4)37-16-27(33)30-21/h5,7-9,11-12,17,21,25H,6,10,13-16H2,1-4H3,(H,29,32)(H,30,33)/t21-,25-/m1/s1. The van der Waals surface area contributed by atoms with Crippen molar-refractivity contribution >= 4 is 17.7 Å². The third-order valence-electron chi connectivity index (χ3n) is 6.67. The summed E-state index contributed by atoms with van der Waals surface area (Å²) >= 11 is 0. The van der Waals surface area contributed by atoms with Gasteiger partial charge in [-0.05, 0) is 36.2 Å². The minimum atomic E-state index is -0.476. The predicted molar refractivity (Wildman–Crippen MR) is 139 cm³/mol. The van der Waals surface area contributed by atoms with Crippen molar-refractivity contribution < 1.29 is 33.3 Å². The molecule has 4 bridgehead atoms. The van der Waals surface area contributed by atoms with Gasteiger partial charge in [0.05, 0.1) is 26.8 Å². The average molecular weight is 526 g/mol. The van der Waals surface area contributed by atoms with Crippen molar-refractivity contribution in [2.45, 2.75) is 45.4 Å². The molecule has 1 fully saturated rings. The highest BCUT2D eigenvalue weighted by Gasteiger charge is 2.38. The Hall–Kier alpha value is -3.95. The molecule has 10 heteroatoms. The summed E-state index contributed by atoms with van der Waals surface area (Å²) in [6, 6.07) is 10.3. The fraction of sp³-hybridized carbons (Fsp3) is 0.464. The second-order valence-electron chi connectivity index (χ2n) is 9.75. The van der Waals surface area contributed by atoms with Crippen molar-refractivity contribution in [2.75, 3.05) is 33.9 Å². The highest BCUT2D eigenvalue weighted by atomic mass is 16.5. The number of carbonyl (C=O) groups excluding carboxylic acids is 3. The van der Waals surface area contributed by atoms with Crippen molar-refractivity contribution in [3.05, 3.63) is 47.5 Å². The molecule has 3 amide bonds. The van der Waals surface area contributed by atoms with E-state index in [1.165, 1.54) is 7.11 Å². The van der Waals surface area contributed by atoms with Gasteiger partial charge in [0, 0.05) is 37.1 Å². The Bertz CT molecular complexity index is 1180. The number of ether oxygens (including phenoxy) is 4. The predicted octanol–water partition coefficient (Wildman–Crippen LogP) is 2.08. The largest absolute Gasteiger partial charge is 0.496 e. The normalized spacial score (nSPS) is 20.2. The van der Waals surface area contributed by atoms with Crippen LogP contribution in [0.2, 0.25) is 0 Å². The van der Waals surface area contributed by atoms with Crippen molar-refractivity contribution in [3.8, 4) is 23.0 Å². The third kappa shape index (κ3) is 6.48. The number of carbonyl (C=O) groups is 3. The lowest BCUT2D eigenvalue weighted by atomic mass is 10.1. The van der Waals surface area contributed by atoms with Gasteiger partial charge in [0.25, 0.3) is 5.91 Å². The van der Waals surface area contributed by atoms with Crippen LogP contribution in [0.25, 0.3) is 0 Å². The molecule has 1 saturated heterocycles. The van der Waals surface area contributed by atoms with E-state index < -0.39 is 12.1 Å². The van der Waals surface area contributed by atoms with E-state index >= 15 is 0 Å². The first-order valence-electron chi connectivity index (χ1n) is 12.8. The van der Waals surface area contributed by atoms with E-state index in [4.69, 9.17) is 18.9 Å². The Morgan fingerprint density at radius 2 is 1.79 bits per heavy atom. The molecule has 2 N–H and O–H groups in total. The maximum Gasteiger partial charge on any atom is 0.258 e. The molecule has 5 heterocycles. The Labute approximate surface area is 222 Å². The lowest BCUT2D eigenvalue weighted by Crippen LogP contribution is -2.47. The summed E-state index contributed by atoms with van der Waals surface area (Å²) in [5.74, 6) is 1.38. The van der Waals surface area contributed by atoms with Crippen LogP contribution in [0.4, 0.5) is 0 Å². The number of aryl methyl sites for hydroxylation is 1. The Morgan fingerprint density at radius 3 is 2.53 bits per heavy atom. The lowest BCUT2D eigenvalue weighted by molar-refractivity contribution is -0.134. The van der Waals surface area contributed by atoms with Crippen LogP contribution in [0.15, 0.2) is 36.4 Å². The number of hydrogen-bond donors (Lipinski definition) is 2. The summed E-state index contributed by atoms with van der Waals surface area (Å²) in [5, 5.41) is 5.91. The van der Waals surface area contributed by atoms with E-state index in [0.29, 0.717) is 55.5 Å². The summed E-state index contributed by atoms with van der Waals surface area (Å²) < 4.78 is 23.0. The van der Waals surface area contributed by atoms with Crippen LogP contribution in [0.1, 0.15) is 31.4 Å². The van der Waals surface area contributed by atoms with Crippen molar-refractivity contribution in [1.82, 2.24) is 15.5 Å². The monoisotopic (exact) mass is 525 g/mol. The maximum absolute atomic E-state index is 12.9. The van der Waals surface area contributed by atoms with Crippen LogP contribution < -0.4 is 29.6 Å². The highest BCUT2D eigenvalue weighted by Crippen LogP contribution is 2.30. The second-order valence-corrected chi connectivity index (χ2v) is 9.75. The number of amides is 3. The van der Waals surface area contributed by atoms with Gasteiger partial charge in [-0.2, -0.15) is 0 Å². The summed E-state index contributed by atoms with van der Waals surface area (Å²) in [5.41, 5.74) is 1.71. The molecule has 0 radical (unpaired) electrons. The molecule has 0 spiro atoms. The van der Waals surface area contributed by atoms with Crippen LogP contribution in [-0.2, 0) is 27.3 Å². The molecule has 0 aliphatic carbocycles. The van der Waals surface area contributed by atoms with Gasteiger partial charge in [0.1, 0.15) is 17.6 Å². The minimum Gasteiger partial charge on any atom is -0.496 e. The first-order valence-corrected chi connectivity index (χ1v) is 12.8. The third-order valence-corrected chi connectivity index (χ3v) is 6.67. The molecule has 2 aromatic rings. The number of nitrogens with one attached hydrogen (secondary N) is 2. The molecule has 10 nitrogen and oxygen atoms in total. The second kappa shape index (κ2) is 12.1. The van der Waals surface area contributed by atoms with E-state index in [1.54, 1.807) is 36.3 Å². The lowest BCUT2D eigenvalue weighted by Gasteiger charge is -2.22. The average Bonchev–Trinajstić information content (AvgIpc) is 3.30. The number of nitrogens with zero attached hydrogens (tertiary/aromatic N) is 1. The van der Waals surface area contributed by atoms with Gasteiger partial charge in [0.15, 0.2) is 18.1 Å². The van der Waals surface area contributed by atoms with Gasteiger partial charge in [-0.25, -0.2) is 0 Å². The molecule has 5 aliphatic heterocycles. The van der Waals surface area contributed by atoms with Gasteiger partial charge in [-0.3, -0.25) is 14.4 Å². The zero-order chi connectivity index (χ0) is 27.2. The number of likely N-dealkylation sites (tertiary alicyclic amines) is 1. The van der Waals surface area contributed by atoms with Crippen LogP contribution in [0, 0.1) is 5.92 Å². The SMILES string of the molecule is COc1cc2ccc1CNC(=O)CCc1ccc(c(OC)c1)OCC(=O)N[C@@H]1CN(C(=O)C(C)C)C[C@H]1O2. The van der Waals surface area contributed by atoms with E-state index in [-0.39, 0.29) is 30.2 Å². The molecule has 2 aromatic carbocycles. The van der Waals surface area contributed by atoms with Gasteiger partial charge < -0.3 is 34.5 Å². The van der Waals surface area contributed by atoms with Crippen molar-refractivity contribution in [2.24, 2.45) is 5.92 Å². The van der Waals surface area contributed by atoms with Gasteiger partial charge >= 0.3 is 0 Å². The molecule has 2 atom stereocenters. The van der Waals surface area contributed by atoms with Crippen LogP contribution in [0.5, 0.6) is 23.0 Å². The van der Waals surface area contributed by atoms with Crippen LogP contribution >= 0.6 is 0 Å². The first kappa shape index (κ1) is 27.1. The maximum atomic E-state index is 12.9. The molecule has 0 saturated carbocycles. The van der Waals surface area contributed by atoms with Crippen molar-refractivity contribution in [1.29, 1.82) is 0 Å². The molecule has 7 rings (SSSR count). The van der Waals surface area contributed by atoms with Crippen LogP contribution in [-0.4, -0.2) is 68.7 Å². The fourth-order valence-corrected chi connectivity index (χ4v) is 4.61. The quantitative estimate of drug-likeness (QED) is 0.631. The Kier molecular flexibility index (Phi) is 8.60. The molecule has 204 valence electrons. The summed E-state index contributed by atoms with van der Waals surface area (Å²) in [6.45, 7) is 4.41. The summed E-state index contributed by atoms with van der Waals surface area (Å²) in [6.07, 6.45) is 0.335. The van der Waals surface area contributed by atoms with E-state index in [2.05, 4.69) is 10.6 Å². The molecule has 0 unspecified atom stereocenters. The van der Waals surface area contributed by atoms with Gasteiger partial charge in [-0.1, -0.05) is 19.9 Å². The molecule has 5 aliphatic rings. The number of benzene rings is 2. The van der Waals surface area contributed by atoms with E-state index in [1.807, 2.05) is 26.0 Å². The first-order chi connectivity index (χ1) is 18.3. The molecule has 38 heavy (non-hydrogen) atoms. The van der Waals surface area contributed by atoms with Crippen molar-refractivity contribution in [3.63, 3.8) is 0 Å². The number of methoxy groups -OCH3 is 2. The Morgan fingerprint density at radius 1 is 1.00 bits per heavy atom. The molecular formula is C28H35N3O7. The topological polar surface area (TPSA) is 115 Å². The smallest absolute Gasteiger partial charge is 0.258 e. The van der Waals surface area contributed by atoms with Gasteiger partial charge in [0.2, 0.25) is 11.8 Å². The van der Waals surface area contributed by atoms with E-state index in [0.717, 1.165) is 11.1 Å². The number of rotatable bonds is 3. The Balaban J connectivity index is 1.62. The molecule has 0 aromatic heterocycles. The number of hydrogen-bond acceptors (Lipinski definition) is 7. The van der Waals surface area contributed by atoms with Crippen LogP contribution in [0.3, 0.4) is 0 Å². The summed E-state index contributed by atoms with van der Waals surface area (Å²) in [4.78, 5) is 39.8. The zero-order valence-electron chi connectivity index (χ0n) is 22.2. The van der Waals surface area contributed by atoms with E-state index in [9.17, 15) is 14.4 Å².